The lowest BCUT2D eigenvalue weighted by molar-refractivity contribution is -0.126. The van der Waals surface area contributed by atoms with Gasteiger partial charge in [-0.3, -0.25) is 4.79 Å². The Kier molecular flexibility index (Phi) is 6.84. The van der Waals surface area contributed by atoms with Crippen LogP contribution in [-0.4, -0.2) is 65.1 Å². The van der Waals surface area contributed by atoms with Crippen LogP contribution in [0, 0.1) is 0 Å². The highest BCUT2D eigenvalue weighted by Crippen LogP contribution is 2.29. The van der Waals surface area contributed by atoms with Crippen LogP contribution in [0.5, 0.6) is 11.5 Å². The largest absolute Gasteiger partial charge is 0.495 e. The minimum atomic E-state index is -3.61. The Morgan fingerprint density at radius 3 is 2.27 bits per heavy atom. The number of para-hydroxylation sites is 2. The maximum absolute atomic E-state index is 13.0. The van der Waals surface area contributed by atoms with Gasteiger partial charge in [0.05, 0.1) is 17.7 Å². The van der Waals surface area contributed by atoms with E-state index in [9.17, 15) is 13.2 Å². The zero-order chi connectivity index (χ0) is 21.7. The molecular weight excluding hydrogens is 406 g/mol. The number of nitrogens with zero attached hydrogens (tertiary/aromatic N) is 2. The number of piperazine rings is 1. The Balaban J connectivity index is 1.66. The van der Waals surface area contributed by atoms with Crippen molar-refractivity contribution in [3.63, 3.8) is 0 Å². The molecular formula is C21H27N3O5S. The molecule has 3 rings (SSSR count). The van der Waals surface area contributed by atoms with Crippen molar-refractivity contribution in [2.75, 3.05) is 45.2 Å². The summed E-state index contributed by atoms with van der Waals surface area (Å²) >= 11 is 0. The predicted molar refractivity (Wildman–Crippen MR) is 115 cm³/mol. The van der Waals surface area contributed by atoms with Gasteiger partial charge in [0.15, 0.2) is 6.10 Å². The van der Waals surface area contributed by atoms with Crippen molar-refractivity contribution in [1.82, 2.24) is 9.62 Å². The third-order valence-electron chi connectivity index (χ3n) is 5.05. The first-order valence-corrected chi connectivity index (χ1v) is 11.2. The molecule has 0 spiro atoms. The molecule has 0 aromatic heterocycles. The van der Waals surface area contributed by atoms with Crippen molar-refractivity contribution in [2.24, 2.45) is 0 Å². The summed E-state index contributed by atoms with van der Waals surface area (Å²) in [6, 6.07) is 13.9. The molecule has 1 heterocycles. The predicted octanol–water partition coefficient (Wildman–Crippen LogP) is 1.72. The van der Waals surface area contributed by atoms with Gasteiger partial charge in [-0.15, -0.1) is 0 Å². The second-order valence-electron chi connectivity index (χ2n) is 6.91. The number of anilines is 1. The van der Waals surface area contributed by atoms with Gasteiger partial charge >= 0.3 is 0 Å². The Labute approximate surface area is 177 Å². The summed E-state index contributed by atoms with van der Waals surface area (Å²) < 4.78 is 38.5. The van der Waals surface area contributed by atoms with Gasteiger partial charge in [-0.2, -0.15) is 4.31 Å². The third kappa shape index (κ3) is 4.68. The molecule has 9 heteroatoms. The number of carbonyl (C=O) groups is 1. The SMILES string of the molecule is CNC(=O)[C@H](C)Oc1ccc(S(=O)(=O)N2CCN(c3ccccc3OC)CC2)cc1. The second-order valence-corrected chi connectivity index (χ2v) is 8.85. The lowest BCUT2D eigenvalue weighted by atomic mass is 10.2. The van der Waals surface area contributed by atoms with E-state index in [1.54, 1.807) is 26.2 Å². The first-order chi connectivity index (χ1) is 14.4. The molecule has 0 unspecified atom stereocenters. The Hall–Kier alpha value is -2.78. The Morgan fingerprint density at radius 1 is 1.03 bits per heavy atom. The molecule has 1 aliphatic heterocycles. The molecule has 0 aliphatic carbocycles. The van der Waals surface area contributed by atoms with Crippen molar-refractivity contribution in [3.05, 3.63) is 48.5 Å². The molecule has 2 aromatic rings. The van der Waals surface area contributed by atoms with E-state index in [0.717, 1.165) is 11.4 Å². The molecule has 162 valence electrons. The molecule has 1 fully saturated rings. The molecule has 8 nitrogen and oxygen atoms in total. The maximum Gasteiger partial charge on any atom is 0.260 e. The van der Waals surface area contributed by atoms with E-state index in [1.807, 2.05) is 24.3 Å². The van der Waals surface area contributed by atoms with Gasteiger partial charge in [-0.25, -0.2) is 8.42 Å². The normalized spacial score (nSPS) is 16.0. The van der Waals surface area contributed by atoms with Crippen LogP contribution in [0.1, 0.15) is 6.92 Å². The molecule has 1 amide bonds. The maximum atomic E-state index is 13.0. The fourth-order valence-corrected chi connectivity index (χ4v) is 4.78. The zero-order valence-electron chi connectivity index (χ0n) is 17.4. The molecule has 0 saturated carbocycles. The molecule has 30 heavy (non-hydrogen) atoms. The molecule has 1 N–H and O–H groups in total. The van der Waals surface area contributed by atoms with E-state index in [0.29, 0.717) is 31.9 Å². The molecule has 0 bridgehead atoms. The van der Waals surface area contributed by atoms with E-state index < -0.39 is 16.1 Å². The van der Waals surface area contributed by atoms with Gasteiger partial charge in [0, 0.05) is 33.2 Å². The molecule has 1 saturated heterocycles. The number of ether oxygens (including phenoxy) is 2. The molecule has 1 atom stereocenters. The summed E-state index contributed by atoms with van der Waals surface area (Å²) in [4.78, 5) is 13.9. The van der Waals surface area contributed by atoms with Gasteiger partial charge in [0.1, 0.15) is 11.5 Å². The van der Waals surface area contributed by atoms with Crippen molar-refractivity contribution < 1.29 is 22.7 Å². The number of rotatable bonds is 7. The monoisotopic (exact) mass is 433 g/mol. The standard InChI is InChI=1S/C21H27N3O5S/c1-16(21(25)22-2)29-17-8-10-18(11-9-17)30(26,27)24-14-12-23(13-15-24)19-6-4-5-7-20(19)28-3/h4-11,16H,12-15H2,1-3H3,(H,22,25)/t16-/m0/s1. The Morgan fingerprint density at radius 2 is 1.67 bits per heavy atom. The van der Waals surface area contributed by atoms with Crippen LogP contribution in [0.25, 0.3) is 0 Å². The number of likely N-dealkylation sites (N-methyl/N-ethyl adjacent to an activating group) is 1. The average molecular weight is 434 g/mol. The lowest BCUT2D eigenvalue weighted by Gasteiger charge is -2.35. The number of hydrogen-bond donors (Lipinski definition) is 1. The number of methoxy groups -OCH3 is 1. The van der Waals surface area contributed by atoms with Gasteiger partial charge in [-0.1, -0.05) is 12.1 Å². The van der Waals surface area contributed by atoms with E-state index in [2.05, 4.69) is 10.2 Å². The Bertz CT molecular complexity index is 970. The highest BCUT2D eigenvalue weighted by Gasteiger charge is 2.29. The van der Waals surface area contributed by atoms with Gasteiger partial charge in [0.2, 0.25) is 10.0 Å². The second kappa shape index (κ2) is 9.36. The molecule has 0 radical (unpaired) electrons. The number of amides is 1. The highest BCUT2D eigenvalue weighted by atomic mass is 32.2. The smallest absolute Gasteiger partial charge is 0.260 e. The number of sulfonamides is 1. The minimum Gasteiger partial charge on any atom is -0.495 e. The first-order valence-electron chi connectivity index (χ1n) is 9.73. The van der Waals surface area contributed by atoms with E-state index in [1.165, 1.54) is 23.5 Å². The highest BCUT2D eigenvalue weighted by molar-refractivity contribution is 7.89. The molecule has 1 aliphatic rings. The van der Waals surface area contributed by atoms with Crippen LogP contribution in [0.15, 0.2) is 53.4 Å². The van der Waals surface area contributed by atoms with Crippen LogP contribution in [0.3, 0.4) is 0 Å². The fraction of sp³-hybridized carbons (Fsp3) is 0.381. The number of carbonyl (C=O) groups excluding carboxylic acids is 1. The van der Waals surface area contributed by atoms with E-state index >= 15 is 0 Å². The zero-order valence-corrected chi connectivity index (χ0v) is 18.2. The minimum absolute atomic E-state index is 0.202. The van der Waals surface area contributed by atoms with Crippen LogP contribution < -0.4 is 19.7 Å². The van der Waals surface area contributed by atoms with Gasteiger partial charge in [-0.05, 0) is 43.3 Å². The van der Waals surface area contributed by atoms with Gasteiger partial charge in [0.25, 0.3) is 5.91 Å². The third-order valence-corrected chi connectivity index (χ3v) is 6.97. The summed E-state index contributed by atoms with van der Waals surface area (Å²) in [6.45, 7) is 3.54. The number of benzene rings is 2. The van der Waals surface area contributed by atoms with Crippen molar-refractivity contribution in [1.29, 1.82) is 0 Å². The van der Waals surface area contributed by atoms with Crippen molar-refractivity contribution in [3.8, 4) is 11.5 Å². The van der Waals surface area contributed by atoms with E-state index in [4.69, 9.17) is 9.47 Å². The van der Waals surface area contributed by atoms with Crippen molar-refractivity contribution in [2.45, 2.75) is 17.9 Å². The summed E-state index contributed by atoms with van der Waals surface area (Å²) in [5.74, 6) is 0.959. The number of nitrogens with one attached hydrogen (secondary N) is 1. The van der Waals surface area contributed by atoms with Gasteiger partial charge < -0.3 is 19.7 Å². The molecule has 2 aromatic carbocycles. The summed E-state index contributed by atoms with van der Waals surface area (Å²) in [6.07, 6.45) is -0.666. The first kappa shape index (κ1) is 21.9. The summed E-state index contributed by atoms with van der Waals surface area (Å²) in [5.41, 5.74) is 0.962. The van der Waals surface area contributed by atoms with Crippen LogP contribution in [0.4, 0.5) is 5.69 Å². The lowest BCUT2D eigenvalue weighted by Crippen LogP contribution is -2.48. The summed E-state index contributed by atoms with van der Waals surface area (Å²) in [5, 5.41) is 2.51. The van der Waals surface area contributed by atoms with Crippen LogP contribution in [0.2, 0.25) is 0 Å². The number of hydrogen-bond acceptors (Lipinski definition) is 6. The quantitative estimate of drug-likeness (QED) is 0.715. The van der Waals surface area contributed by atoms with Crippen molar-refractivity contribution >= 4 is 21.6 Å². The summed E-state index contributed by atoms with van der Waals surface area (Å²) in [7, 11) is -0.448. The van der Waals surface area contributed by atoms with Crippen LogP contribution in [-0.2, 0) is 14.8 Å². The fourth-order valence-electron chi connectivity index (χ4n) is 3.36. The van der Waals surface area contributed by atoms with Crippen LogP contribution >= 0.6 is 0 Å². The van der Waals surface area contributed by atoms with E-state index in [-0.39, 0.29) is 10.8 Å². The topological polar surface area (TPSA) is 88.2 Å². The average Bonchev–Trinajstić information content (AvgIpc) is 2.78.